The first-order valence-corrected chi connectivity index (χ1v) is 13.7. The average molecular weight is 524 g/mol. The van der Waals surface area contributed by atoms with Gasteiger partial charge in [0.1, 0.15) is 11.5 Å². The van der Waals surface area contributed by atoms with Crippen LogP contribution in [0.2, 0.25) is 0 Å². The van der Waals surface area contributed by atoms with Crippen molar-refractivity contribution in [2.45, 2.75) is 37.5 Å². The Morgan fingerprint density at radius 1 is 1.22 bits per heavy atom. The van der Waals surface area contributed by atoms with Crippen LogP contribution >= 0.6 is 11.8 Å². The van der Waals surface area contributed by atoms with E-state index in [9.17, 15) is 14.9 Å². The first-order chi connectivity index (χ1) is 17.9. The molecule has 0 saturated carbocycles. The van der Waals surface area contributed by atoms with E-state index in [1.807, 2.05) is 29.4 Å². The van der Waals surface area contributed by atoms with Gasteiger partial charge in [-0.25, -0.2) is 4.79 Å². The minimum atomic E-state index is -0.534. The molecule has 1 unspecified atom stereocenters. The van der Waals surface area contributed by atoms with Gasteiger partial charge < -0.3 is 24.6 Å². The number of anilines is 1. The lowest BCUT2D eigenvalue weighted by Crippen LogP contribution is -2.59. The Balaban J connectivity index is 1.49. The molecular formula is C27H33N5O4S. The SMILES string of the molecule is COc1ccc(OC)c(NC(=O)N2CCC3(CC2)NC(CCSC)C(=O)N3Cc2cccc(C#N)c2)c1. The molecule has 2 aliphatic rings. The topological polar surface area (TPSA) is 107 Å². The number of nitrogens with zero attached hydrogens (tertiary/aromatic N) is 3. The Bertz CT molecular complexity index is 1180. The number of likely N-dealkylation sites (tertiary alicyclic amines) is 1. The Morgan fingerprint density at radius 3 is 2.68 bits per heavy atom. The van der Waals surface area contributed by atoms with E-state index < -0.39 is 5.66 Å². The molecular weight excluding hydrogens is 490 g/mol. The van der Waals surface area contributed by atoms with Crippen LogP contribution in [0.1, 0.15) is 30.4 Å². The van der Waals surface area contributed by atoms with Gasteiger partial charge in [0.25, 0.3) is 0 Å². The van der Waals surface area contributed by atoms with Crippen molar-refractivity contribution in [1.82, 2.24) is 15.1 Å². The van der Waals surface area contributed by atoms with Crippen molar-refractivity contribution in [1.29, 1.82) is 5.26 Å². The predicted octanol–water partition coefficient (Wildman–Crippen LogP) is 3.65. The molecule has 1 spiro atoms. The number of hydrogen-bond acceptors (Lipinski definition) is 7. The second-order valence-corrected chi connectivity index (χ2v) is 10.2. The molecule has 0 radical (unpaired) electrons. The van der Waals surface area contributed by atoms with Gasteiger partial charge in [0, 0.05) is 38.5 Å². The van der Waals surface area contributed by atoms with Crippen LogP contribution in [0.3, 0.4) is 0 Å². The molecule has 2 saturated heterocycles. The number of nitriles is 1. The first-order valence-electron chi connectivity index (χ1n) is 12.3. The predicted molar refractivity (Wildman–Crippen MR) is 144 cm³/mol. The van der Waals surface area contributed by atoms with Gasteiger partial charge >= 0.3 is 6.03 Å². The normalized spacial score (nSPS) is 18.5. The minimum absolute atomic E-state index is 0.0791. The van der Waals surface area contributed by atoms with E-state index in [1.54, 1.807) is 55.1 Å². The molecule has 4 rings (SSSR count). The maximum absolute atomic E-state index is 13.5. The van der Waals surface area contributed by atoms with E-state index in [0.29, 0.717) is 55.2 Å². The molecule has 2 heterocycles. The van der Waals surface area contributed by atoms with Crippen LogP contribution in [-0.2, 0) is 11.3 Å². The summed E-state index contributed by atoms with van der Waals surface area (Å²) in [6.45, 7) is 1.40. The van der Waals surface area contributed by atoms with E-state index in [4.69, 9.17) is 9.47 Å². The second kappa shape index (κ2) is 11.8. The van der Waals surface area contributed by atoms with E-state index in [2.05, 4.69) is 16.7 Å². The molecule has 2 aromatic carbocycles. The fourth-order valence-electron chi connectivity index (χ4n) is 5.05. The number of methoxy groups -OCH3 is 2. The van der Waals surface area contributed by atoms with Crippen molar-refractivity contribution in [3.63, 3.8) is 0 Å². The van der Waals surface area contributed by atoms with Gasteiger partial charge in [0.2, 0.25) is 5.91 Å². The third-order valence-electron chi connectivity index (χ3n) is 7.06. The highest BCUT2D eigenvalue weighted by Gasteiger charge is 2.51. The zero-order valence-corrected chi connectivity index (χ0v) is 22.3. The van der Waals surface area contributed by atoms with Crippen molar-refractivity contribution in [3.05, 3.63) is 53.6 Å². The fourth-order valence-corrected chi connectivity index (χ4v) is 5.52. The summed E-state index contributed by atoms with van der Waals surface area (Å²) in [7, 11) is 3.13. The number of thioether (sulfide) groups is 1. The van der Waals surface area contributed by atoms with Gasteiger partial charge in [0.05, 0.1) is 43.2 Å². The Hall–Kier alpha value is -3.42. The van der Waals surface area contributed by atoms with Crippen LogP contribution in [-0.4, -0.2) is 72.8 Å². The van der Waals surface area contributed by atoms with Crippen molar-refractivity contribution >= 4 is 29.4 Å². The van der Waals surface area contributed by atoms with Gasteiger partial charge in [-0.2, -0.15) is 17.0 Å². The highest BCUT2D eigenvalue weighted by Crippen LogP contribution is 2.36. The summed E-state index contributed by atoms with van der Waals surface area (Å²) in [5.41, 5.74) is 1.50. The van der Waals surface area contributed by atoms with Gasteiger partial charge in [-0.05, 0) is 48.3 Å². The summed E-state index contributed by atoms with van der Waals surface area (Å²) < 4.78 is 10.7. The summed E-state index contributed by atoms with van der Waals surface area (Å²) in [5.74, 6) is 2.13. The number of benzene rings is 2. The molecule has 0 aliphatic carbocycles. The zero-order chi connectivity index (χ0) is 26.4. The molecule has 196 valence electrons. The number of carbonyl (C=O) groups excluding carboxylic acids is 2. The maximum Gasteiger partial charge on any atom is 0.321 e. The van der Waals surface area contributed by atoms with E-state index in [-0.39, 0.29) is 18.0 Å². The summed E-state index contributed by atoms with van der Waals surface area (Å²) in [5, 5.41) is 15.9. The van der Waals surface area contributed by atoms with Crippen LogP contribution in [0.5, 0.6) is 11.5 Å². The van der Waals surface area contributed by atoms with Crippen molar-refractivity contribution in [2.24, 2.45) is 0 Å². The maximum atomic E-state index is 13.5. The third kappa shape index (κ3) is 5.78. The van der Waals surface area contributed by atoms with Crippen molar-refractivity contribution in [2.75, 3.05) is 44.6 Å². The number of ether oxygens (including phenoxy) is 2. The lowest BCUT2D eigenvalue weighted by Gasteiger charge is -2.44. The highest BCUT2D eigenvalue weighted by molar-refractivity contribution is 7.98. The van der Waals surface area contributed by atoms with E-state index in [1.165, 1.54) is 0 Å². The Kier molecular flexibility index (Phi) is 8.46. The molecule has 2 fully saturated rings. The van der Waals surface area contributed by atoms with Crippen LogP contribution in [0.25, 0.3) is 0 Å². The highest BCUT2D eigenvalue weighted by atomic mass is 32.2. The number of amides is 3. The van der Waals surface area contributed by atoms with Gasteiger partial charge in [-0.15, -0.1) is 0 Å². The van der Waals surface area contributed by atoms with E-state index >= 15 is 0 Å². The summed E-state index contributed by atoms with van der Waals surface area (Å²) in [6, 6.07) is 14.3. The van der Waals surface area contributed by atoms with Crippen LogP contribution in [0.4, 0.5) is 10.5 Å². The number of urea groups is 1. The second-order valence-electron chi connectivity index (χ2n) is 9.23. The van der Waals surface area contributed by atoms with Crippen molar-refractivity contribution < 1.29 is 19.1 Å². The van der Waals surface area contributed by atoms with Crippen LogP contribution < -0.4 is 20.1 Å². The number of piperidine rings is 1. The van der Waals surface area contributed by atoms with Gasteiger partial charge in [0.15, 0.2) is 0 Å². The van der Waals surface area contributed by atoms with Crippen LogP contribution in [0, 0.1) is 11.3 Å². The average Bonchev–Trinajstić information content (AvgIpc) is 3.17. The monoisotopic (exact) mass is 523 g/mol. The van der Waals surface area contributed by atoms with Crippen molar-refractivity contribution in [3.8, 4) is 17.6 Å². The standard InChI is InChI=1S/C27H33N5O4S/c1-35-21-7-8-24(36-2)23(16-21)29-26(34)31-12-10-27(11-13-31)30-22(9-14-37-3)25(33)32(27)18-20-6-4-5-19(15-20)17-28/h4-8,15-16,22,30H,9-14,18H2,1-3H3,(H,29,34). The molecule has 3 amide bonds. The number of nitrogens with one attached hydrogen (secondary N) is 2. The minimum Gasteiger partial charge on any atom is -0.497 e. The number of hydrogen-bond donors (Lipinski definition) is 2. The summed E-state index contributed by atoms with van der Waals surface area (Å²) in [4.78, 5) is 30.3. The molecule has 2 N–H and O–H groups in total. The third-order valence-corrected chi connectivity index (χ3v) is 7.70. The van der Waals surface area contributed by atoms with Crippen LogP contribution in [0.15, 0.2) is 42.5 Å². The Morgan fingerprint density at radius 2 is 2.00 bits per heavy atom. The van der Waals surface area contributed by atoms with E-state index in [0.717, 1.165) is 17.7 Å². The van der Waals surface area contributed by atoms with Gasteiger partial charge in [-0.1, -0.05) is 12.1 Å². The fraction of sp³-hybridized carbons (Fsp3) is 0.444. The lowest BCUT2D eigenvalue weighted by atomic mass is 9.95. The summed E-state index contributed by atoms with van der Waals surface area (Å²) in [6.07, 6.45) is 4.00. The number of carbonyl (C=O) groups is 2. The smallest absolute Gasteiger partial charge is 0.321 e. The zero-order valence-electron chi connectivity index (χ0n) is 21.5. The molecule has 0 bridgehead atoms. The molecule has 9 nitrogen and oxygen atoms in total. The quantitative estimate of drug-likeness (QED) is 0.544. The Labute approximate surface area is 222 Å². The molecule has 37 heavy (non-hydrogen) atoms. The first kappa shape index (κ1) is 26.6. The molecule has 2 aromatic rings. The molecule has 10 heteroatoms. The molecule has 1 atom stereocenters. The molecule has 0 aromatic heterocycles. The molecule has 2 aliphatic heterocycles. The summed E-state index contributed by atoms with van der Waals surface area (Å²) >= 11 is 1.72. The number of rotatable bonds is 8. The largest absolute Gasteiger partial charge is 0.497 e. The lowest BCUT2D eigenvalue weighted by molar-refractivity contribution is -0.134. The van der Waals surface area contributed by atoms with Gasteiger partial charge in [-0.3, -0.25) is 10.1 Å².